The van der Waals surface area contributed by atoms with E-state index in [-0.39, 0.29) is 11.6 Å². The largest absolute Gasteiger partial charge is 0.416 e. The molecule has 2 nitrogen and oxygen atoms in total. The van der Waals surface area contributed by atoms with E-state index in [1.807, 2.05) is 31.2 Å². The van der Waals surface area contributed by atoms with E-state index in [2.05, 4.69) is 5.32 Å². The normalized spacial score (nSPS) is 11.7. The molecule has 1 amide bonds. The number of carbonyl (C=O) groups excluding carboxylic acids is 1. The zero-order valence-electron chi connectivity index (χ0n) is 13.5. The molecule has 130 valence electrons. The number of nitrogens with one attached hydrogen (secondary N) is 1. The van der Waals surface area contributed by atoms with Crippen molar-refractivity contribution in [3.63, 3.8) is 0 Å². The predicted molar refractivity (Wildman–Crippen MR) is 95.2 cm³/mol. The second-order valence-corrected chi connectivity index (χ2v) is 6.74. The summed E-state index contributed by atoms with van der Waals surface area (Å²) in [5.41, 5.74) is 0.308. The third kappa shape index (κ3) is 3.69. The van der Waals surface area contributed by atoms with Crippen molar-refractivity contribution in [1.82, 2.24) is 0 Å². The van der Waals surface area contributed by atoms with E-state index in [0.29, 0.717) is 4.88 Å². The van der Waals surface area contributed by atoms with E-state index in [9.17, 15) is 18.0 Å². The second-order valence-electron chi connectivity index (χ2n) is 5.69. The van der Waals surface area contributed by atoms with Gasteiger partial charge in [0.05, 0.1) is 10.4 Å². The Hall–Kier alpha value is -2.34. The molecule has 0 radical (unpaired) electrons. The number of aryl methyl sites for hydroxylation is 1. The van der Waals surface area contributed by atoms with Gasteiger partial charge in [-0.2, -0.15) is 13.2 Å². The minimum Gasteiger partial charge on any atom is -0.321 e. The molecule has 25 heavy (non-hydrogen) atoms. The van der Waals surface area contributed by atoms with Crippen molar-refractivity contribution in [2.45, 2.75) is 25.9 Å². The highest BCUT2D eigenvalue weighted by Gasteiger charge is 2.30. The zero-order valence-corrected chi connectivity index (χ0v) is 14.3. The van der Waals surface area contributed by atoms with Crippen LogP contribution in [0.15, 0.2) is 48.5 Å². The summed E-state index contributed by atoms with van der Waals surface area (Å²) in [4.78, 5) is 13.2. The fourth-order valence-electron chi connectivity index (χ4n) is 2.74. The number of hydrogen-bond donors (Lipinski definition) is 1. The third-order valence-corrected chi connectivity index (χ3v) is 5.06. The number of anilines is 1. The summed E-state index contributed by atoms with van der Waals surface area (Å²) < 4.78 is 39.5. The van der Waals surface area contributed by atoms with E-state index in [1.54, 1.807) is 0 Å². The molecule has 1 N–H and O–H groups in total. The summed E-state index contributed by atoms with van der Waals surface area (Å²) in [5, 5.41) is 3.63. The standard InChI is InChI=1S/C19H16F3NOS/c1-2-6-15-14-9-3-4-10-16(14)25-17(15)18(24)23-13-8-5-7-12(11-13)19(20,21)22/h3-5,7-11H,2,6H2,1H3,(H,23,24). The van der Waals surface area contributed by atoms with Gasteiger partial charge in [-0.25, -0.2) is 0 Å². The van der Waals surface area contributed by atoms with Crippen LogP contribution in [-0.4, -0.2) is 5.91 Å². The number of rotatable bonds is 4. The molecule has 0 saturated carbocycles. The maximum absolute atomic E-state index is 12.8. The SMILES string of the molecule is CCCc1c(C(=O)Nc2cccc(C(F)(F)F)c2)sc2ccccc12. The molecule has 0 aliphatic heterocycles. The minimum absolute atomic E-state index is 0.139. The average molecular weight is 363 g/mol. The van der Waals surface area contributed by atoms with Gasteiger partial charge in [0.1, 0.15) is 0 Å². The number of thiophene rings is 1. The first kappa shape index (κ1) is 17.5. The molecule has 0 unspecified atom stereocenters. The van der Waals surface area contributed by atoms with Crippen LogP contribution in [0.3, 0.4) is 0 Å². The third-order valence-electron chi connectivity index (χ3n) is 3.85. The molecule has 0 aliphatic rings. The maximum Gasteiger partial charge on any atom is 0.416 e. The van der Waals surface area contributed by atoms with Gasteiger partial charge in [0.15, 0.2) is 0 Å². The Morgan fingerprint density at radius 3 is 2.60 bits per heavy atom. The molecule has 6 heteroatoms. The smallest absolute Gasteiger partial charge is 0.321 e. The van der Waals surface area contributed by atoms with Crippen molar-refractivity contribution in [2.75, 3.05) is 5.32 Å². The van der Waals surface area contributed by atoms with E-state index >= 15 is 0 Å². The van der Waals surface area contributed by atoms with Gasteiger partial charge in [-0.3, -0.25) is 4.79 Å². The molecule has 0 fully saturated rings. The first-order chi connectivity index (χ1) is 11.9. The summed E-state index contributed by atoms with van der Waals surface area (Å²) in [6, 6.07) is 12.4. The molecule has 1 heterocycles. The summed E-state index contributed by atoms with van der Waals surface area (Å²) in [5.74, 6) is -0.371. The van der Waals surface area contributed by atoms with Gasteiger partial charge in [-0.05, 0) is 41.6 Å². The monoisotopic (exact) mass is 363 g/mol. The lowest BCUT2D eigenvalue weighted by molar-refractivity contribution is -0.137. The quantitative estimate of drug-likeness (QED) is 0.594. The number of benzene rings is 2. The van der Waals surface area contributed by atoms with Crippen LogP contribution >= 0.6 is 11.3 Å². The zero-order chi connectivity index (χ0) is 18.0. The van der Waals surface area contributed by atoms with Crippen molar-refractivity contribution in [2.24, 2.45) is 0 Å². The fraction of sp³-hybridized carbons (Fsp3) is 0.211. The van der Waals surface area contributed by atoms with Crippen LogP contribution in [-0.2, 0) is 12.6 Å². The maximum atomic E-state index is 12.8. The first-order valence-corrected chi connectivity index (χ1v) is 8.71. The Morgan fingerprint density at radius 1 is 1.12 bits per heavy atom. The fourth-order valence-corrected chi connectivity index (χ4v) is 3.89. The molecular weight excluding hydrogens is 347 g/mol. The van der Waals surface area contributed by atoms with Gasteiger partial charge in [0.25, 0.3) is 5.91 Å². The molecule has 3 rings (SSSR count). The van der Waals surface area contributed by atoms with Crippen LogP contribution in [0, 0.1) is 0 Å². The molecule has 3 aromatic rings. The van der Waals surface area contributed by atoms with Crippen LogP contribution in [0.1, 0.15) is 34.1 Å². The lowest BCUT2D eigenvalue weighted by Gasteiger charge is -2.10. The van der Waals surface area contributed by atoms with Gasteiger partial charge < -0.3 is 5.32 Å². The number of halogens is 3. The van der Waals surface area contributed by atoms with Gasteiger partial charge in [0.2, 0.25) is 0 Å². The van der Waals surface area contributed by atoms with Gasteiger partial charge in [-0.1, -0.05) is 37.6 Å². The highest BCUT2D eigenvalue weighted by atomic mass is 32.1. The number of carbonyl (C=O) groups is 1. The van der Waals surface area contributed by atoms with Crippen molar-refractivity contribution in [1.29, 1.82) is 0 Å². The van der Waals surface area contributed by atoms with Crippen LogP contribution in [0.4, 0.5) is 18.9 Å². The van der Waals surface area contributed by atoms with Crippen molar-refractivity contribution < 1.29 is 18.0 Å². The minimum atomic E-state index is -4.44. The second kappa shape index (κ2) is 6.88. The first-order valence-electron chi connectivity index (χ1n) is 7.89. The molecule has 2 aromatic carbocycles. The molecule has 0 aliphatic carbocycles. The number of fused-ring (bicyclic) bond motifs is 1. The van der Waals surface area contributed by atoms with E-state index in [1.165, 1.54) is 23.5 Å². The summed E-state index contributed by atoms with van der Waals surface area (Å²) in [6.07, 6.45) is -2.81. The Balaban J connectivity index is 1.94. The Kier molecular flexibility index (Phi) is 4.81. The van der Waals surface area contributed by atoms with E-state index in [4.69, 9.17) is 0 Å². The lowest BCUT2D eigenvalue weighted by atomic mass is 10.1. The molecule has 1 aromatic heterocycles. The van der Waals surface area contributed by atoms with Crippen molar-refractivity contribution in [3.05, 3.63) is 64.5 Å². The lowest BCUT2D eigenvalue weighted by Crippen LogP contribution is -2.13. The summed E-state index contributed by atoms with van der Waals surface area (Å²) in [7, 11) is 0. The van der Waals surface area contributed by atoms with Gasteiger partial charge in [-0.15, -0.1) is 11.3 Å². The highest BCUT2D eigenvalue weighted by Crippen LogP contribution is 2.34. The number of alkyl halides is 3. The van der Waals surface area contributed by atoms with Crippen LogP contribution in [0.2, 0.25) is 0 Å². The molecule has 0 atom stereocenters. The topological polar surface area (TPSA) is 29.1 Å². The van der Waals surface area contributed by atoms with Gasteiger partial charge >= 0.3 is 6.18 Å². The summed E-state index contributed by atoms with van der Waals surface area (Å²) >= 11 is 1.37. The molecule has 0 spiro atoms. The van der Waals surface area contributed by atoms with Gasteiger partial charge in [0, 0.05) is 10.4 Å². The number of amides is 1. The Bertz CT molecular complexity index is 914. The highest BCUT2D eigenvalue weighted by molar-refractivity contribution is 7.21. The molecular formula is C19H16F3NOS. The summed E-state index contributed by atoms with van der Waals surface area (Å²) in [6.45, 7) is 2.03. The predicted octanol–water partition coefficient (Wildman–Crippen LogP) is 6.12. The van der Waals surface area contributed by atoms with Crippen LogP contribution in [0.5, 0.6) is 0 Å². The van der Waals surface area contributed by atoms with E-state index in [0.717, 1.165) is 40.6 Å². The Morgan fingerprint density at radius 2 is 1.88 bits per heavy atom. The van der Waals surface area contributed by atoms with Crippen LogP contribution < -0.4 is 5.32 Å². The number of hydrogen-bond acceptors (Lipinski definition) is 2. The average Bonchev–Trinajstić information content (AvgIpc) is 2.94. The molecule has 0 bridgehead atoms. The van der Waals surface area contributed by atoms with E-state index < -0.39 is 11.7 Å². The van der Waals surface area contributed by atoms with Crippen molar-refractivity contribution in [3.8, 4) is 0 Å². The van der Waals surface area contributed by atoms with Crippen molar-refractivity contribution >= 4 is 33.0 Å². The Labute approximate surface area is 147 Å². The van der Waals surface area contributed by atoms with Crippen LogP contribution in [0.25, 0.3) is 10.1 Å². The molecule has 0 saturated heterocycles.